The van der Waals surface area contributed by atoms with Crippen LogP contribution in [-0.4, -0.2) is 45.9 Å². The number of nitrogens with zero attached hydrogens (tertiary/aromatic N) is 1. The first-order chi connectivity index (χ1) is 13.1. The molecule has 2 N–H and O–H groups in total. The lowest BCUT2D eigenvalue weighted by Gasteiger charge is -2.32. The Morgan fingerprint density at radius 1 is 1.25 bits per heavy atom. The molecule has 0 spiro atoms. The zero-order valence-corrected chi connectivity index (χ0v) is 20.2. The van der Waals surface area contributed by atoms with E-state index in [1.54, 1.807) is 0 Å². The molecule has 0 radical (unpaired) electrons. The lowest BCUT2D eigenvalue weighted by Crippen LogP contribution is -2.42. The van der Waals surface area contributed by atoms with E-state index in [4.69, 9.17) is 9.47 Å². The number of aliphatic imine (C=N–C) groups is 1. The molecule has 2 unspecified atom stereocenters. The summed E-state index contributed by atoms with van der Waals surface area (Å²) in [6.45, 7) is 10.6. The third kappa shape index (κ3) is 9.09. The molecule has 1 saturated heterocycles. The van der Waals surface area contributed by atoms with Crippen LogP contribution in [0.4, 0.5) is 0 Å². The van der Waals surface area contributed by atoms with Crippen LogP contribution >= 0.6 is 24.0 Å². The molecule has 1 aromatic carbocycles. The van der Waals surface area contributed by atoms with E-state index >= 15 is 0 Å². The Labute approximate surface area is 188 Å². The highest BCUT2D eigenvalue weighted by atomic mass is 127. The molecule has 0 amide bonds. The van der Waals surface area contributed by atoms with E-state index in [1.165, 1.54) is 17.5 Å². The molecule has 1 aliphatic rings. The minimum atomic E-state index is 0. The maximum absolute atomic E-state index is 6.11. The third-order valence-electron chi connectivity index (χ3n) is 4.82. The monoisotopic (exact) mass is 503 g/mol. The largest absolute Gasteiger partial charge is 0.381 e. The van der Waals surface area contributed by atoms with Gasteiger partial charge < -0.3 is 20.1 Å². The number of guanidine groups is 1. The van der Waals surface area contributed by atoms with Crippen molar-refractivity contribution in [2.75, 3.05) is 40.0 Å². The minimum absolute atomic E-state index is 0. The molecule has 2 atom stereocenters. The van der Waals surface area contributed by atoms with Gasteiger partial charge in [-0.15, -0.1) is 24.0 Å². The highest BCUT2D eigenvalue weighted by molar-refractivity contribution is 14.0. The summed E-state index contributed by atoms with van der Waals surface area (Å²) >= 11 is 0. The Bertz CT molecular complexity index is 563. The van der Waals surface area contributed by atoms with Crippen LogP contribution in [0.1, 0.15) is 50.3 Å². The van der Waals surface area contributed by atoms with Crippen molar-refractivity contribution in [3.63, 3.8) is 0 Å². The van der Waals surface area contributed by atoms with Crippen molar-refractivity contribution < 1.29 is 9.47 Å². The Morgan fingerprint density at radius 3 is 2.68 bits per heavy atom. The number of halogens is 1. The van der Waals surface area contributed by atoms with E-state index in [9.17, 15) is 0 Å². The average molecular weight is 503 g/mol. The molecule has 1 aromatic rings. The first kappa shape index (κ1) is 25.2. The van der Waals surface area contributed by atoms with Crippen LogP contribution in [0.5, 0.6) is 0 Å². The van der Waals surface area contributed by atoms with Gasteiger partial charge in [-0.05, 0) is 37.7 Å². The van der Waals surface area contributed by atoms with Crippen LogP contribution in [0.15, 0.2) is 29.3 Å². The molecule has 0 saturated carbocycles. The predicted octanol–water partition coefficient (Wildman–Crippen LogP) is 4.31. The number of nitrogens with one attached hydrogen (secondary N) is 2. The molecule has 1 fully saturated rings. The zero-order valence-electron chi connectivity index (χ0n) is 17.9. The number of hydrogen-bond acceptors (Lipinski definition) is 3. The number of rotatable bonds is 9. The average Bonchev–Trinajstić information content (AvgIpc) is 2.67. The molecule has 1 heterocycles. The highest BCUT2D eigenvalue weighted by Crippen LogP contribution is 2.33. The van der Waals surface area contributed by atoms with Crippen molar-refractivity contribution in [3.8, 4) is 0 Å². The predicted molar refractivity (Wildman–Crippen MR) is 128 cm³/mol. The topological polar surface area (TPSA) is 54.9 Å². The SMILES string of the molecule is CN=C(NCCCOCC(C)C)NCC1CCCOC1c1ccc(C)cc1.I. The third-order valence-corrected chi connectivity index (χ3v) is 4.82. The molecule has 0 aromatic heterocycles. The first-order valence-corrected chi connectivity index (χ1v) is 10.3. The van der Waals surface area contributed by atoms with E-state index in [2.05, 4.69) is 60.7 Å². The molecule has 0 bridgehead atoms. The van der Waals surface area contributed by atoms with Gasteiger partial charge in [0.05, 0.1) is 6.10 Å². The second kappa shape index (κ2) is 14.2. The summed E-state index contributed by atoms with van der Waals surface area (Å²) in [5.74, 6) is 1.90. The van der Waals surface area contributed by atoms with Gasteiger partial charge in [-0.1, -0.05) is 43.7 Å². The summed E-state index contributed by atoms with van der Waals surface area (Å²) < 4.78 is 11.7. The van der Waals surface area contributed by atoms with Crippen molar-refractivity contribution in [2.45, 2.75) is 46.1 Å². The van der Waals surface area contributed by atoms with Gasteiger partial charge in [0.15, 0.2) is 5.96 Å². The van der Waals surface area contributed by atoms with E-state index in [1.807, 2.05) is 7.05 Å². The molecular weight excluding hydrogens is 465 g/mol. The molecule has 0 aliphatic carbocycles. The van der Waals surface area contributed by atoms with Crippen molar-refractivity contribution in [1.29, 1.82) is 0 Å². The highest BCUT2D eigenvalue weighted by Gasteiger charge is 2.27. The van der Waals surface area contributed by atoms with Crippen LogP contribution in [0.2, 0.25) is 0 Å². The number of hydrogen-bond donors (Lipinski definition) is 2. The summed E-state index contributed by atoms with van der Waals surface area (Å²) in [6, 6.07) is 8.73. The van der Waals surface area contributed by atoms with Crippen molar-refractivity contribution >= 4 is 29.9 Å². The smallest absolute Gasteiger partial charge is 0.190 e. The van der Waals surface area contributed by atoms with Crippen LogP contribution < -0.4 is 10.6 Å². The molecule has 1 aliphatic heterocycles. The Balaban J connectivity index is 0.00000392. The molecular formula is C22H38IN3O2. The summed E-state index contributed by atoms with van der Waals surface area (Å²) in [5, 5.41) is 6.85. The fourth-order valence-corrected chi connectivity index (χ4v) is 3.33. The van der Waals surface area contributed by atoms with Crippen LogP contribution in [0, 0.1) is 18.8 Å². The zero-order chi connectivity index (χ0) is 19.5. The standard InChI is InChI=1S/C22H37N3O2.HI/c1-17(2)16-26-13-6-12-24-22(23-4)25-15-20-7-5-14-27-21(20)19-10-8-18(3)9-11-19;/h8-11,17,20-21H,5-7,12-16H2,1-4H3,(H2,23,24,25);1H. The Kier molecular flexibility index (Phi) is 12.7. The maximum Gasteiger partial charge on any atom is 0.190 e. The van der Waals surface area contributed by atoms with Crippen LogP contribution in [0.3, 0.4) is 0 Å². The Hall–Kier alpha value is -0.860. The normalized spacial score (nSPS) is 20.0. The van der Waals surface area contributed by atoms with Gasteiger partial charge in [-0.3, -0.25) is 4.99 Å². The second-order valence-corrected chi connectivity index (χ2v) is 7.81. The van der Waals surface area contributed by atoms with Crippen molar-refractivity contribution in [3.05, 3.63) is 35.4 Å². The van der Waals surface area contributed by atoms with E-state index < -0.39 is 0 Å². The number of aryl methyl sites for hydroxylation is 1. The van der Waals surface area contributed by atoms with Crippen LogP contribution in [0.25, 0.3) is 0 Å². The summed E-state index contributed by atoms with van der Waals surface area (Å²) in [5.41, 5.74) is 2.56. The summed E-state index contributed by atoms with van der Waals surface area (Å²) in [7, 11) is 1.82. The van der Waals surface area contributed by atoms with Gasteiger partial charge in [0, 0.05) is 45.9 Å². The lowest BCUT2D eigenvalue weighted by molar-refractivity contribution is -0.0265. The summed E-state index contributed by atoms with van der Waals surface area (Å²) in [6.07, 6.45) is 3.43. The molecule has 2 rings (SSSR count). The van der Waals surface area contributed by atoms with Crippen molar-refractivity contribution in [2.24, 2.45) is 16.8 Å². The Morgan fingerprint density at radius 2 is 2.00 bits per heavy atom. The van der Waals surface area contributed by atoms with Gasteiger partial charge in [-0.25, -0.2) is 0 Å². The van der Waals surface area contributed by atoms with Gasteiger partial charge in [0.1, 0.15) is 0 Å². The van der Waals surface area contributed by atoms with Crippen molar-refractivity contribution in [1.82, 2.24) is 10.6 Å². The molecule has 6 heteroatoms. The van der Waals surface area contributed by atoms with Gasteiger partial charge >= 0.3 is 0 Å². The lowest BCUT2D eigenvalue weighted by atomic mass is 9.89. The van der Waals surface area contributed by atoms with E-state index in [-0.39, 0.29) is 30.1 Å². The second-order valence-electron chi connectivity index (χ2n) is 7.81. The van der Waals surface area contributed by atoms with Gasteiger partial charge in [0.2, 0.25) is 0 Å². The first-order valence-electron chi connectivity index (χ1n) is 10.3. The number of benzene rings is 1. The maximum atomic E-state index is 6.11. The van der Waals surface area contributed by atoms with Gasteiger partial charge in [-0.2, -0.15) is 0 Å². The van der Waals surface area contributed by atoms with Gasteiger partial charge in [0.25, 0.3) is 0 Å². The molecule has 28 heavy (non-hydrogen) atoms. The number of ether oxygens (including phenoxy) is 2. The quantitative estimate of drug-likeness (QED) is 0.228. The summed E-state index contributed by atoms with van der Waals surface area (Å²) in [4.78, 5) is 4.34. The minimum Gasteiger partial charge on any atom is -0.381 e. The van der Waals surface area contributed by atoms with Crippen LogP contribution in [-0.2, 0) is 9.47 Å². The molecule has 160 valence electrons. The fraction of sp³-hybridized carbons (Fsp3) is 0.682. The fourth-order valence-electron chi connectivity index (χ4n) is 3.33. The van der Waals surface area contributed by atoms with E-state index in [0.717, 1.165) is 51.7 Å². The molecule has 5 nitrogen and oxygen atoms in total. The van der Waals surface area contributed by atoms with E-state index in [0.29, 0.717) is 11.8 Å².